The number of amides is 4. The molecule has 4 amide bonds. The fourth-order valence-corrected chi connectivity index (χ4v) is 24.7. The Balaban J connectivity index is 0.000000132. The number of carbonyl (C=O) groups is 8. The summed E-state index contributed by atoms with van der Waals surface area (Å²) >= 11 is 0. The van der Waals surface area contributed by atoms with Crippen molar-refractivity contribution in [3.8, 4) is 0 Å². The number of imidazole rings is 4. The molecule has 0 spiro atoms. The van der Waals surface area contributed by atoms with Gasteiger partial charge in [0.15, 0.2) is 5.60 Å². The number of aliphatic hydroxyl groups is 4. The average molecular weight is 1970 g/mol. The fraction of sp³-hybridized carbons (Fsp3) is 0.491. The Kier molecular flexibility index (Phi) is 30.5. The molecule has 145 heavy (non-hydrogen) atoms. The van der Waals surface area contributed by atoms with Crippen LogP contribution in [-0.2, 0) is 86.2 Å². The van der Waals surface area contributed by atoms with Gasteiger partial charge in [-0.15, -0.1) is 0 Å². The largest absolute Gasteiger partial charge is 0.452 e. The lowest BCUT2D eigenvalue weighted by Gasteiger charge is -2.35. The van der Waals surface area contributed by atoms with Gasteiger partial charge in [0.05, 0.1) is 101 Å². The third-order valence-corrected chi connectivity index (χ3v) is 32.9. The third kappa shape index (κ3) is 19.6. The van der Waals surface area contributed by atoms with E-state index in [0.29, 0.717) is 41.8 Å². The Bertz CT molecular complexity index is 6350. The van der Waals surface area contributed by atoms with E-state index < -0.39 is 22.4 Å². The zero-order chi connectivity index (χ0) is 103. The van der Waals surface area contributed by atoms with Gasteiger partial charge in [0.1, 0.15) is 63.2 Å². The smallest absolute Gasteiger partial charge is 0.414 e. The van der Waals surface area contributed by atoms with E-state index in [1.165, 1.54) is 28.4 Å². The Labute approximate surface area is 848 Å². The lowest BCUT2D eigenvalue weighted by Crippen LogP contribution is -2.42. The Morgan fingerprint density at radius 3 is 0.834 bits per heavy atom. The first-order valence-corrected chi connectivity index (χ1v) is 52.2. The molecule has 4 fully saturated rings. The van der Waals surface area contributed by atoms with Crippen LogP contribution in [0.3, 0.4) is 0 Å². The summed E-state index contributed by atoms with van der Waals surface area (Å²) in [5, 5.41) is 48.0. The Morgan fingerprint density at radius 1 is 0.324 bits per heavy atom. The Morgan fingerprint density at radius 2 is 0.579 bits per heavy atom. The highest BCUT2D eigenvalue weighted by atomic mass is 16.6. The van der Waals surface area contributed by atoms with Crippen molar-refractivity contribution in [2.45, 2.75) is 314 Å². The minimum atomic E-state index is -1.44. The standard InChI is InChI=1S/C30H37N3O4.2C29H35N3O4.C28H34N4O4/c1-5-30(36,22-11-7-6-8-12-22)28-31-27-24-15-14-19(2)32(29(35)37-4)25(24)16-17-26(27)33(28)23-13-9-10-21(18-23)20(3)34;2*1-18-13-14-23-24(31(18)28(34)36-4)15-16-25-26(23)30-27(29(3,35)21-10-6-5-7-11-21)32(25)22-12-8-9-20(17-22)19(2)33;1-17-11-12-21-22(31(17)27(34)36-4)13-14-23-25(21)30-26(28(3,35)24-10-5-6-15-29-24)32(23)20-9-7-8-19(16-20)18(2)33/h6-8,11-12,16-17,19,21,23,36H,5,9-10,13-15,18H2,1-4H3;2*5-7,10-11,15-16,18,20,22,35H,8-9,12-14,17H2,1-4H3;5-6,10,13-15,17,19-20,35H,7-9,11-12,16H2,1-4H3/t19-,21+,23+,30?;18-,20+,22+,29+;18-,20+,22+,29-;17-,19+,20+,28+/m0000/s1. The molecule has 7 aromatic carbocycles. The molecule has 4 saturated carbocycles. The van der Waals surface area contributed by atoms with Gasteiger partial charge in [-0.2, -0.15) is 0 Å². The van der Waals surface area contributed by atoms with E-state index in [9.17, 15) is 58.8 Å². The average Bonchev–Trinajstić information content (AvgIpc) is 1.65. The number of benzene rings is 7. The van der Waals surface area contributed by atoms with Crippen LogP contribution < -0.4 is 19.6 Å². The minimum absolute atomic E-state index is 0.00198. The van der Waals surface area contributed by atoms with Gasteiger partial charge in [0.25, 0.3) is 0 Å². The summed E-state index contributed by atoms with van der Waals surface area (Å²) in [6.45, 7) is 22.1. The van der Waals surface area contributed by atoms with Gasteiger partial charge in [-0.3, -0.25) is 43.8 Å². The number of hydrogen-bond acceptors (Lipinski definition) is 21. The normalized spacial score (nSPS) is 23.6. The second-order valence-electron chi connectivity index (χ2n) is 42.1. The highest BCUT2D eigenvalue weighted by Gasteiger charge is 2.47. The highest BCUT2D eigenvalue weighted by Crippen LogP contribution is 2.52. The van der Waals surface area contributed by atoms with E-state index in [1.54, 1.807) is 80.3 Å². The molecule has 9 heterocycles. The van der Waals surface area contributed by atoms with Gasteiger partial charge < -0.3 is 57.6 Å². The highest BCUT2D eigenvalue weighted by molar-refractivity contribution is 6.00. The van der Waals surface area contributed by atoms with E-state index in [2.05, 4.69) is 23.3 Å². The molecule has 16 atom stereocenters. The van der Waals surface area contributed by atoms with Gasteiger partial charge in [-0.1, -0.05) is 130 Å². The lowest BCUT2D eigenvalue weighted by atomic mass is 9.82. The molecule has 4 aliphatic carbocycles. The van der Waals surface area contributed by atoms with Crippen LogP contribution in [-0.4, -0.2) is 164 Å². The zero-order valence-corrected chi connectivity index (χ0v) is 86.7. The molecule has 4 N–H and O–H groups in total. The van der Waals surface area contributed by atoms with Crippen LogP contribution in [0, 0.1) is 23.7 Å². The van der Waals surface area contributed by atoms with Gasteiger partial charge >= 0.3 is 24.4 Å². The van der Waals surface area contributed by atoms with E-state index in [1.807, 2.05) is 186 Å². The number of pyridine rings is 1. The summed E-state index contributed by atoms with van der Waals surface area (Å²) in [6.07, 6.45) is 21.0. The molecule has 12 aromatic rings. The van der Waals surface area contributed by atoms with E-state index >= 15 is 0 Å². The van der Waals surface area contributed by atoms with Crippen LogP contribution in [0.15, 0.2) is 164 Å². The predicted molar refractivity (Wildman–Crippen MR) is 559 cm³/mol. The molecule has 8 aliphatic rings. The third-order valence-electron chi connectivity index (χ3n) is 32.9. The number of aryl methyl sites for hydroxylation is 4. The summed E-state index contributed by atoms with van der Waals surface area (Å²) in [5.41, 5.74) is 11.6. The van der Waals surface area contributed by atoms with Crippen LogP contribution >= 0.6 is 0 Å². The van der Waals surface area contributed by atoms with Crippen molar-refractivity contribution < 1.29 is 77.7 Å². The Hall–Kier alpha value is -12.8. The molecule has 29 heteroatoms. The van der Waals surface area contributed by atoms with Crippen molar-refractivity contribution in [2.24, 2.45) is 23.7 Å². The maximum atomic E-state index is 12.7. The topological polar surface area (TPSA) is 352 Å². The number of hydrogen-bond donors (Lipinski definition) is 4. The molecule has 5 aromatic heterocycles. The molecular weight excluding hydrogens is 1830 g/mol. The second-order valence-corrected chi connectivity index (χ2v) is 42.1. The number of Topliss-reactive ketones (excluding diaryl/α,β-unsaturated/α-hetero) is 4. The maximum Gasteiger partial charge on any atom is 0.414 e. The molecular formula is C116H141N13O16. The molecule has 0 radical (unpaired) electrons. The molecule has 0 bridgehead atoms. The van der Waals surface area contributed by atoms with Crippen LogP contribution in [0.25, 0.3) is 44.1 Å². The number of methoxy groups -OCH3 is 4. The van der Waals surface area contributed by atoms with Crippen molar-refractivity contribution in [1.82, 2.24) is 43.2 Å². The van der Waals surface area contributed by atoms with Crippen LogP contribution in [0.1, 0.15) is 310 Å². The predicted octanol–water partition coefficient (Wildman–Crippen LogP) is 21.9. The number of rotatable bonds is 17. The molecule has 0 saturated heterocycles. The lowest BCUT2D eigenvalue weighted by molar-refractivity contribution is -0.122. The number of ether oxygens (including phenoxy) is 4. The SMILES string of the molecule is CCC(O)(c1ccccc1)c1nc2c3c(ccc2n1[C@@H]1CCC[C@@H](C(C)=O)C1)N(C(=O)OC)[C@@H](C)CC3.COC(=O)N1c2ccc3c(nc([C@@](C)(O)c4ccccc4)n3[C@@H]3CCC[C@@H](C(C)=O)C3)c2CC[C@@H]1C.COC(=O)N1c2ccc3c(nc([C@](C)(O)c4ccccc4)n3[C@@H]3CCC[C@@H](C(C)=O)C3)c2CC[C@@H]1C.COC(=O)N1c2ccc3c(nc([C@](C)(O)c4ccccn4)n3[C@@H]3CCC[C@@H](C(C)=O)C3)c2CC[C@@H]1C. The van der Waals surface area contributed by atoms with Crippen LogP contribution in [0.5, 0.6) is 0 Å². The van der Waals surface area contributed by atoms with Crippen molar-refractivity contribution in [3.63, 3.8) is 0 Å². The quantitative estimate of drug-likeness (QED) is 0.0615. The summed E-state index contributed by atoms with van der Waals surface area (Å²) < 4.78 is 29.1. The van der Waals surface area contributed by atoms with Gasteiger partial charge in [-0.05, 0) is 288 Å². The van der Waals surface area contributed by atoms with E-state index in [-0.39, 0.29) is 120 Å². The van der Waals surface area contributed by atoms with Crippen LogP contribution in [0.2, 0.25) is 0 Å². The number of anilines is 4. The monoisotopic (exact) mass is 1970 g/mol. The van der Waals surface area contributed by atoms with Crippen LogP contribution in [0.4, 0.5) is 41.9 Å². The van der Waals surface area contributed by atoms with Gasteiger partial charge in [-0.25, -0.2) is 39.1 Å². The maximum absolute atomic E-state index is 12.7. The summed E-state index contributed by atoms with van der Waals surface area (Å²) in [4.78, 5) is 132. The van der Waals surface area contributed by atoms with E-state index in [4.69, 9.17) is 38.9 Å². The zero-order valence-electron chi connectivity index (χ0n) is 86.7. The van der Waals surface area contributed by atoms with Crippen molar-refractivity contribution in [3.05, 3.63) is 232 Å². The number of carbonyl (C=O) groups excluding carboxylic acids is 8. The van der Waals surface area contributed by atoms with Crippen molar-refractivity contribution in [2.75, 3.05) is 48.0 Å². The van der Waals surface area contributed by atoms with Crippen molar-refractivity contribution >= 4 is 114 Å². The fourth-order valence-electron chi connectivity index (χ4n) is 24.7. The first kappa shape index (κ1) is 104. The first-order valence-electron chi connectivity index (χ1n) is 52.2. The number of nitrogens with zero attached hydrogens (tertiary/aromatic N) is 13. The molecule has 29 nitrogen and oxygen atoms in total. The number of ketones is 4. The first-order chi connectivity index (χ1) is 69.5. The molecule has 766 valence electrons. The van der Waals surface area contributed by atoms with E-state index in [0.717, 1.165) is 254 Å². The minimum Gasteiger partial charge on any atom is -0.452 e. The number of fused-ring (bicyclic) bond motifs is 12. The summed E-state index contributed by atoms with van der Waals surface area (Å²) in [7, 11) is 5.61. The molecule has 4 aliphatic heterocycles. The molecule has 1 unspecified atom stereocenters. The second kappa shape index (κ2) is 42.7. The summed E-state index contributed by atoms with van der Waals surface area (Å²) in [5.74, 6) is 3.22. The number of aromatic nitrogens is 9. The van der Waals surface area contributed by atoms with Gasteiger partial charge in [0, 0.05) is 100 Å². The van der Waals surface area contributed by atoms with Gasteiger partial charge in [0.2, 0.25) is 0 Å². The molecule has 20 rings (SSSR count). The summed E-state index contributed by atoms with van der Waals surface area (Å²) in [6, 6.07) is 50.6. The van der Waals surface area contributed by atoms with Crippen molar-refractivity contribution in [1.29, 1.82) is 0 Å².